The van der Waals surface area contributed by atoms with Crippen LogP contribution < -0.4 is 0 Å². The molecular weight excluding hydrogens is 364 g/mol. The average molecular weight is 411 g/mol. The maximum atomic E-state index is 12.7. The molecule has 4 fully saturated rings. The first-order chi connectivity index (χ1) is 13.8. The lowest BCUT2D eigenvalue weighted by Gasteiger charge is -2.68. The van der Waals surface area contributed by atoms with Gasteiger partial charge in [0, 0.05) is 11.8 Å². The number of rotatable bonds is 0. The molecule has 0 aromatic rings. The summed E-state index contributed by atoms with van der Waals surface area (Å²) in [4.78, 5) is 12.7. The van der Waals surface area contributed by atoms with Crippen molar-refractivity contribution in [2.24, 2.45) is 50.7 Å². The van der Waals surface area contributed by atoms with Gasteiger partial charge in [-0.05, 0) is 117 Å². The van der Waals surface area contributed by atoms with Crippen LogP contribution in [0.2, 0.25) is 0 Å². The SMILES string of the molecule is CC1(C)CC[C@@]2(C)CC[C@@]3(C)[C@H]4CC=C5[C@@H](CCC(=O)C5(C)C)[C@@]4(C)CC[C@H]3[C@@H]2C1. The molecule has 0 amide bonds. The van der Waals surface area contributed by atoms with Crippen LogP contribution in [0.5, 0.6) is 0 Å². The number of ketones is 1. The van der Waals surface area contributed by atoms with E-state index < -0.39 is 0 Å². The number of allylic oxidation sites excluding steroid dienone is 2. The van der Waals surface area contributed by atoms with Gasteiger partial charge >= 0.3 is 0 Å². The first-order valence-corrected chi connectivity index (χ1v) is 13.1. The van der Waals surface area contributed by atoms with Gasteiger partial charge in [0.2, 0.25) is 0 Å². The predicted molar refractivity (Wildman–Crippen MR) is 125 cm³/mol. The van der Waals surface area contributed by atoms with Gasteiger partial charge in [0.1, 0.15) is 5.78 Å². The second kappa shape index (κ2) is 6.26. The van der Waals surface area contributed by atoms with E-state index in [-0.39, 0.29) is 5.41 Å². The van der Waals surface area contributed by atoms with Crippen molar-refractivity contribution in [3.8, 4) is 0 Å². The third-order valence-electron chi connectivity index (χ3n) is 12.0. The summed E-state index contributed by atoms with van der Waals surface area (Å²) < 4.78 is 0. The van der Waals surface area contributed by atoms with E-state index >= 15 is 0 Å². The smallest absolute Gasteiger partial charge is 0.142 e. The second-order valence-corrected chi connectivity index (χ2v) is 14.4. The molecule has 168 valence electrons. The van der Waals surface area contributed by atoms with Crippen LogP contribution in [-0.2, 0) is 4.79 Å². The normalized spacial score (nSPS) is 51.7. The maximum Gasteiger partial charge on any atom is 0.142 e. The highest BCUT2D eigenvalue weighted by Crippen LogP contribution is 2.72. The fourth-order valence-corrected chi connectivity index (χ4v) is 9.87. The van der Waals surface area contributed by atoms with E-state index in [2.05, 4.69) is 54.5 Å². The summed E-state index contributed by atoms with van der Waals surface area (Å²) in [5.74, 6) is 3.74. The largest absolute Gasteiger partial charge is 0.299 e. The lowest BCUT2D eigenvalue weighted by atomic mass is 9.36. The zero-order valence-corrected chi connectivity index (χ0v) is 20.9. The molecule has 0 spiro atoms. The summed E-state index contributed by atoms with van der Waals surface area (Å²) in [7, 11) is 0. The van der Waals surface area contributed by atoms with Crippen molar-refractivity contribution < 1.29 is 4.79 Å². The molecule has 5 aliphatic rings. The standard InChI is InChI=1S/C29H46O/c1-25(2)14-15-27(5)16-17-29(7)21(22(27)18-25)12-13-28(6)20-9-11-24(30)26(3,4)19(20)8-10-23(28)29/h8,20-23H,9-18H2,1-7H3/t20-,21+,22+,23+,27+,28-,29-/m1/s1. The fourth-order valence-electron chi connectivity index (χ4n) is 9.87. The van der Waals surface area contributed by atoms with Crippen LogP contribution >= 0.6 is 0 Å². The quantitative estimate of drug-likeness (QED) is 0.370. The Morgan fingerprint density at radius 2 is 1.50 bits per heavy atom. The monoisotopic (exact) mass is 410 g/mol. The molecule has 5 aliphatic carbocycles. The molecule has 1 heteroatoms. The predicted octanol–water partition coefficient (Wildman–Crippen LogP) is 7.99. The summed E-state index contributed by atoms with van der Waals surface area (Å²) >= 11 is 0. The van der Waals surface area contributed by atoms with E-state index in [0.717, 1.165) is 30.6 Å². The van der Waals surface area contributed by atoms with Crippen molar-refractivity contribution in [2.75, 3.05) is 0 Å². The Labute approximate surface area is 185 Å². The molecular formula is C29H46O. The molecule has 7 atom stereocenters. The summed E-state index contributed by atoms with van der Waals surface area (Å²) in [6.45, 7) is 17.5. The highest BCUT2D eigenvalue weighted by atomic mass is 16.1. The molecule has 0 radical (unpaired) electrons. The van der Waals surface area contributed by atoms with Gasteiger partial charge in [-0.25, -0.2) is 0 Å². The van der Waals surface area contributed by atoms with E-state index in [1.54, 1.807) is 0 Å². The molecule has 1 nitrogen and oxygen atoms in total. The first-order valence-electron chi connectivity index (χ1n) is 13.1. The van der Waals surface area contributed by atoms with Crippen LogP contribution in [0.25, 0.3) is 0 Å². The van der Waals surface area contributed by atoms with Crippen LogP contribution in [0, 0.1) is 50.7 Å². The summed E-state index contributed by atoms with van der Waals surface area (Å²) in [5, 5.41) is 0. The summed E-state index contributed by atoms with van der Waals surface area (Å²) in [5.41, 5.74) is 3.27. The van der Waals surface area contributed by atoms with Gasteiger partial charge in [0.05, 0.1) is 0 Å². The molecule has 0 bridgehead atoms. The average Bonchev–Trinajstić information content (AvgIpc) is 2.65. The minimum atomic E-state index is -0.229. The number of fused-ring (bicyclic) bond motifs is 7. The van der Waals surface area contributed by atoms with Gasteiger partial charge in [-0.1, -0.05) is 46.3 Å². The van der Waals surface area contributed by atoms with Crippen LogP contribution in [0.4, 0.5) is 0 Å². The zero-order valence-electron chi connectivity index (χ0n) is 20.9. The fraction of sp³-hybridized carbons (Fsp3) is 0.897. The molecule has 0 unspecified atom stereocenters. The molecule has 0 heterocycles. The molecule has 0 aromatic carbocycles. The highest BCUT2D eigenvalue weighted by molar-refractivity contribution is 5.88. The second-order valence-electron chi connectivity index (χ2n) is 14.4. The van der Waals surface area contributed by atoms with Crippen molar-refractivity contribution in [3.63, 3.8) is 0 Å². The molecule has 0 aliphatic heterocycles. The molecule has 0 saturated heterocycles. The summed E-state index contributed by atoms with van der Waals surface area (Å²) in [6.07, 6.45) is 15.7. The van der Waals surface area contributed by atoms with Crippen molar-refractivity contribution in [1.29, 1.82) is 0 Å². The Kier molecular flexibility index (Phi) is 4.43. The van der Waals surface area contributed by atoms with Gasteiger partial charge in [0.15, 0.2) is 0 Å². The zero-order chi connectivity index (χ0) is 21.7. The Morgan fingerprint density at radius 3 is 2.23 bits per heavy atom. The van der Waals surface area contributed by atoms with E-state index in [4.69, 9.17) is 0 Å². The van der Waals surface area contributed by atoms with Crippen LogP contribution in [-0.4, -0.2) is 5.78 Å². The van der Waals surface area contributed by atoms with E-state index in [1.807, 2.05) is 0 Å². The van der Waals surface area contributed by atoms with Gasteiger partial charge in [-0.15, -0.1) is 0 Å². The topological polar surface area (TPSA) is 17.1 Å². The van der Waals surface area contributed by atoms with Gasteiger partial charge in [-0.2, -0.15) is 0 Å². The Balaban J connectivity index is 1.53. The Hall–Kier alpha value is -0.590. The number of Topliss-reactive ketones (excluding diaryl/α,β-unsaturated/α-hetero) is 1. The van der Waals surface area contributed by atoms with Crippen LogP contribution in [0.15, 0.2) is 11.6 Å². The van der Waals surface area contributed by atoms with Crippen molar-refractivity contribution in [1.82, 2.24) is 0 Å². The van der Waals surface area contributed by atoms with E-state index in [1.165, 1.54) is 56.9 Å². The molecule has 4 saturated carbocycles. The highest BCUT2D eigenvalue weighted by Gasteiger charge is 2.64. The van der Waals surface area contributed by atoms with Gasteiger partial charge in [0.25, 0.3) is 0 Å². The summed E-state index contributed by atoms with van der Waals surface area (Å²) in [6, 6.07) is 0. The molecule has 0 aromatic heterocycles. The maximum absolute atomic E-state index is 12.7. The van der Waals surface area contributed by atoms with Crippen LogP contribution in [0.1, 0.15) is 113 Å². The Bertz CT molecular complexity index is 786. The molecule has 5 rings (SSSR count). The number of carbonyl (C=O) groups is 1. The number of hydrogen-bond donors (Lipinski definition) is 0. The number of carbonyl (C=O) groups excluding carboxylic acids is 1. The van der Waals surface area contributed by atoms with E-state index in [0.29, 0.717) is 33.4 Å². The minimum absolute atomic E-state index is 0.229. The minimum Gasteiger partial charge on any atom is -0.299 e. The van der Waals surface area contributed by atoms with E-state index in [9.17, 15) is 4.79 Å². The third-order valence-corrected chi connectivity index (χ3v) is 12.0. The Morgan fingerprint density at radius 1 is 0.800 bits per heavy atom. The lowest BCUT2D eigenvalue weighted by Crippen LogP contribution is -2.61. The molecule has 30 heavy (non-hydrogen) atoms. The van der Waals surface area contributed by atoms with Crippen molar-refractivity contribution in [3.05, 3.63) is 11.6 Å². The van der Waals surface area contributed by atoms with Crippen LogP contribution in [0.3, 0.4) is 0 Å². The van der Waals surface area contributed by atoms with Gasteiger partial charge in [-0.3, -0.25) is 4.79 Å². The van der Waals surface area contributed by atoms with Gasteiger partial charge < -0.3 is 0 Å². The molecule has 0 N–H and O–H groups in total. The lowest BCUT2D eigenvalue weighted by molar-refractivity contribution is -0.179. The number of hydrogen-bond acceptors (Lipinski definition) is 1. The van der Waals surface area contributed by atoms with Crippen molar-refractivity contribution >= 4 is 5.78 Å². The first kappa shape index (κ1) is 21.3. The van der Waals surface area contributed by atoms with Crippen molar-refractivity contribution in [2.45, 2.75) is 113 Å². The third kappa shape index (κ3) is 2.68.